The van der Waals surface area contributed by atoms with Crippen LogP contribution < -0.4 is 5.32 Å². The molecular formula is C18H24N4O4. The minimum atomic E-state index is -0.464. The van der Waals surface area contributed by atoms with Crippen LogP contribution in [0.15, 0.2) is 28.8 Å². The smallest absolute Gasteiger partial charge is 0.269 e. The molecule has 1 aromatic heterocycles. The first-order chi connectivity index (χ1) is 12.3. The fraction of sp³-hybridized carbons (Fsp3) is 0.500. The molecule has 0 unspecified atom stereocenters. The molecular weight excluding hydrogens is 336 g/mol. The molecule has 0 fully saturated rings. The number of amides is 1. The fourth-order valence-corrected chi connectivity index (χ4v) is 2.50. The number of carbonyl (C=O) groups is 1. The van der Waals surface area contributed by atoms with Crippen LogP contribution in [-0.4, -0.2) is 21.0 Å². The maximum Gasteiger partial charge on any atom is 0.269 e. The van der Waals surface area contributed by atoms with E-state index in [2.05, 4.69) is 15.5 Å². The zero-order valence-corrected chi connectivity index (χ0v) is 15.4. The van der Waals surface area contributed by atoms with Gasteiger partial charge >= 0.3 is 0 Å². The first-order valence-corrected chi connectivity index (χ1v) is 8.69. The van der Waals surface area contributed by atoms with E-state index in [4.69, 9.17) is 4.52 Å². The number of nitro groups is 1. The predicted molar refractivity (Wildman–Crippen MR) is 96.2 cm³/mol. The number of nitrogens with one attached hydrogen (secondary N) is 1. The van der Waals surface area contributed by atoms with E-state index in [9.17, 15) is 14.9 Å². The highest BCUT2D eigenvalue weighted by atomic mass is 16.6. The molecule has 0 bridgehead atoms. The highest BCUT2D eigenvalue weighted by Gasteiger charge is 2.26. The summed E-state index contributed by atoms with van der Waals surface area (Å²) < 4.78 is 5.38. The second kappa shape index (κ2) is 8.55. The first kappa shape index (κ1) is 19.6. The molecule has 0 spiro atoms. The van der Waals surface area contributed by atoms with Gasteiger partial charge in [0, 0.05) is 24.1 Å². The molecule has 0 saturated carbocycles. The molecule has 1 N–H and O–H groups in total. The van der Waals surface area contributed by atoms with Crippen LogP contribution >= 0.6 is 0 Å². The van der Waals surface area contributed by atoms with Crippen LogP contribution in [0.4, 0.5) is 5.69 Å². The second-order valence-corrected chi connectivity index (χ2v) is 6.79. The molecule has 8 heteroatoms. The van der Waals surface area contributed by atoms with Crippen LogP contribution in [0.25, 0.3) is 11.4 Å². The summed E-state index contributed by atoms with van der Waals surface area (Å²) in [5.74, 6) is 0.994. The van der Waals surface area contributed by atoms with Crippen molar-refractivity contribution in [3.8, 4) is 11.4 Å². The average Bonchev–Trinajstić information content (AvgIpc) is 3.08. The van der Waals surface area contributed by atoms with Gasteiger partial charge in [0.05, 0.1) is 4.92 Å². The molecule has 1 heterocycles. The van der Waals surface area contributed by atoms with Crippen LogP contribution in [0.3, 0.4) is 0 Å². The van der Waals surface area contributed by atoms with E-state index in [-0.39, 0.29) is 29.5 Å². The SMILES string of the molecule is CC[C@H](C)[C@@H](NC(=O)CC(C)C)c1nc(-c2ccc([N+](=O)[O-])cc2)no1. The molecule has 2 rings (SSSR count). The van der Waals surface area contributed by atoms with E-state index in [0.29, 0.717) is 23.7 Å². The van der Waals surface area contributed by atoms with Gasteiger partial charge in [-0.1, -0.05) is 39.3 Å². The van der Waals surface area contributed by atoms with Crippen LogP contribution in [0.1, 0.15) is 52.5 Å². The zero-order chi connectivity index (χ0) is 19.3. The van der Waals surface area contributed by atoms with Crippen molar-refractivity contribution in [3.63, 3.8) is 0 Å². The summed E-state index contributed by atoms with van der Waals surface area (Å²) in [6.07, 6.45) is 1.26. The van der Waals surface area contributed by atoms with E-state index >= 15 is 0 Å². The summed E-state index contributed by atoms with van der Waals surface area (Å²) >= 11 is 0. The molecule has 0 aliphatic rings. The van der Waals surface area contributed by atoms with Gasteiger partial charge in [-0.05, 0) is 24.0 Å². The lowest BCUT2D eigenvalue weighted by molar-refractivity contribution is -0.384. The number of carbonyl (C=O) groups excluding carboxylic acids is 1. The average molecular weight is 360 g/mol. The Bertz CT molecular complexity index is 755. The molecule has 0 saturated heterocycles. The Labute approximate surface area is 152 Å². The quantitative estimate of drug-likeness (QED) is 0.564. The van der Waals surface area contributed by atoms with Crippen molar-refractivity contribution in [1.82, 2.24) is 15.5 Å². The van der Waals surface area contributed by atoms with Crippen LogP contribution in [-0.2, 0) is 4.79 Å². The molecule has 0 aliphatic carbocycles. The van der Waals surface area contributed by atoms with E-state index in [1.807, 2.05) is 27.7 Å². The summed E-state index contributed by atoms with van der Waals surface area (Å²) in [5, 5.41) is 17.7. The maximum absolute atomic E-state index is 12.2. The lowest BCUT2D eigenvalue weighted by Gasteiger charge is -2.21. The van der Waals surface area contributed by atoms with Gasteiger partial charge in [-0.2, -0.15) is 4.98 Å². The van der Waals surface area contributed by atoms with Gasteiger partial charge in [0.2, 0.25) is 17.6 Å². The minimum Gasteiger partial charge on any atom is -0.344 e. The van der Waals surface area contributed by atoms with Crippen molar-refractivity contribution >= 4 is 11.6 Å². The second-order valence-electron chi connectivity index (χ2n) is 6.79. The van der Waals surface area contributed by atoms with Crippen molar-refractivity contribution in [2.24, 2.45) is 11.8 Å². The minimum absolute atomic E-state index is 0.00380. The monoisotopic (exact) mass is 360 g/mol. The van der Waals surface area contributed by atoms with Crippen LogP contribution in [0, 0.1) is 22.0 Å². The number of nitro benzene ring substituents is 1. The number of rotatable bonds is 8. The molecule has 26 heavy (non-hydrogen) atoms. The molecule has 1 amide bonds. The fourth-order valence-electron chi connectivity index (χ4n) is 2.50. The largest absolute Gasteiger partial charge is 0.344 e. The molecule has 2 aromatic rings. The van der Waals surface area contributed by atoms with Crippen LogP contribution in [0.2, 0.25) is 0 Å². The first-order valence-electron chi connectivity index (χ1n) is 8.69. The topological polar surface area (TPSA) is 111 Å². The van der Waals surface area contributed by atoms with E-state index in [0.717, 1.165) is 6.42 Å². The molecule has 0 aliphatic heterocycles. The predicted octanol–water partition coefficient (Wildman–Crippen LogP) is 3.89. The van der Waals surface area contributed by atoms with Gasteiger partial charge in [-0.3, -0.25) is 14.9 Å². The zero-order valence-electron chi connectivity index (χ0n) is 15.4. The third-order valence-electron chi connectivity index (χ3n) is 4.17. The number of benzene rings is 1. The van der Waals surface area contributed by atoms with Crippen molar-refractivity contribution < 1.29 is 14.2 Å². The number of non-ortho nitro benzene ring substituents is 1. The van der Waals surface area contributed by atoms with Gasteiger partial charge in [0.15, 0.2) is 0 Å². The summed E-state index contributed by atoms with van der Waals surface area (Å²) in [6, 6.07) is 5.56. The van der Waals surface area contributed by atoms with Crippen molar-refractivity contribution in [3.05, 3.63) is 40.3 Å². The Morgan fingerprint density at radius 2 is 1.92 bits per heavy atom. The maximum atomic E-state index is 12.2. The van der Waals surface area contributed by atoms with E-state index in [1.165, 1.54) is 12.1 Å². The lowest BCUT2D eigenvalue weighted by Crippen LogP contribution is -2.33. The van der Waals surface area contributed by atoms with Gasteiger partial charge in [-0.15, -0.1) is 0 Å². The van der Waals surface area contributed by atoms with Crippen molar-refractivity contribution in [1.29, 1.82) is 0 Å². The molecule has 140 valence electrons. The highest BCUT2D eigenvalue weighted by Crippen LogP contribution is 2.26. The Balaban J connectivity index is 2.22. The molecule has 0 radical (unpaired) electrons. The van der Waals surface area contributed by atoms with Gasteiger partial charge in [0.25, 0.3) is 5.69 Å². The number of nitrogens with zero attached hydrogens (tertiary/aromatic N) is 3. The summed E-state index contributed by atoms with van der Waals surface area (Å²) in [6.45, 7) is 8.00. The van der Waals surface area contributed by atoms with Crippen LogP contribution in [0.5, 0.6) is 0 Å². The summed E-state index contributed by atoms with van der Waals surface area (Å²) in [4.78, 5) is 26.8. The standard InChI is InChI=1S/C18H24N4O4/c1-5-12(4)16(19-15(23)10-11(2)3)18-20-17(21-26-18)13-6-8-14(9-7-13)22(24)25/h6-9,11-12,16H,5,10H2,1-4H3,(H,19,23)/t12-,16+/m0/s1. The van der Waals surface area contributed by atoms with Gasteiger partial charge < -0.3 is 9.84 Å². The number of hydrogen-bond donors (Lipinski definition) is 1. The normalized spacial score (nSPS) is 13.4. The van der Waals surface area contributed by atoms with Gasteiger partial charge in [-0.25, -0.2) is 0 Å². The summed E-state index contributed by atoms with van der Waals surface area (Å²) in [5.41, 5.74) is 0.609. The van der Waals surface area contributed by atoms with E-state index in [1.54, 1.807) is 12.1 Å². The third-order valence-corrected chi connectivity index (χ3v) is 4.17. The number of aromatic nitrogens is 2. The Hall–Kier alpha value is -2.77. The van der Waals surface area contributed by atoms with Crippen molar-refractivity contribution in [2.45, 2.75) is 46.6 Å². The Kier molecular flexibility index (Phi) is 6.43. The molecule has 1 aromatic carbocycles. The van der Waals surface area contributed by atoms with E-state index < -0.39 is 4.92 Å². The third kappa shape index (κ3) is 4.87. The summed E-state index contributed by atoms with van der Waals surface area (Å²) in [7, 11) is 0. The number of hydrogen-bond acceptors (Lipinski definition) is 6. The lowest BCUT2D eigenvalue weighted by atomic mass is 9.98. The molecule has 8 nitrogen and oxygen atoms in total. The highest BCUT2D eigenvalue weighted by molar-refractivity contribution is 5.76. The molecule has 2 atom stereocenters. The Morgan fingerprint density at radius 3 is 2.46 bits per heavy atom. The van der Waals surface area contributed by atoms with Gasteiger partial charge in [0.1, 0.15) is 6.04 Å². The van der Waals surface area contributed by atoms with Crippen molar-refractivity contribution in [2.75, 3.05) is 0 Å². The Morgan fingerprint density at radius 1 is 1.27 bits per heavy atom.